The number of rotatable bonds is 2. The van der Waals surface area contributed by atoms with E-state index in [1.54, 1.807) is 0 Å². The maximum Gasteiger partial charge on any atom is 0.433 e. The van der Waals surface area contributed by atoms with E-state index in [0.29, 0.717) is 5.69 Å². The minimum Gasteiger partial charge on any atom is -0.396 e. The molecule has 0 radical (unpaired) electrons. The molecule has 0 saturated carbocycles. The smallest absolute Gasteiger partial charge is 0.396 e. The number of aromatic nitrogens is 1. The highest BCUT2D eigenvalue weighted by Crippen LogP contribution is 2.32. The van der Waals surface area contributed by atoms with E-state index in [4.69, 9.17) is 5.73 Å². The van der Waals surface area contributed by atoms with Gasteiger partial charge >= 0.3 is 6.18 Å². The molecule has 0 amide bonds. The fourth-order valence-electron chi connectivity index (χ4n) is 1.45. The van der Waals surface area contributed by atoms with E-state index >= 15 is 0 Å². The minimum atomic E-state index is -4.56. The number of nitrogens with two attached hydrogens (primary N) is 1. The Kier molecular flexibility index (Phi) is 3.28. The maximum atomic E-state index is 13.0. The summed E-state index contributed by atoms with van der Waals surface area (Å²) < 4.78 is 50.5. The molecule has 0 spiro atoms. The zero-order chi connectivity index (χ0) is 14.0. The van der Waals surface area contributed by atoms with Gasteiger partial charge in [0.25, 0.3) is 0 Å². The SMILES string of the molecule is Nc1cnc(C(F)(F)F)cc1Nc1cccc(F)c1. The summed E-state index contributed by atoms with van der Waals surface area (Å²) in [7, 11) is 0. The second-order valence-electron chi connectivity index (χ2n) is 3.79. The Balaban J connectivity index is 2.34. The zero-order valence-electron chi connectivity index (χ0n) is 9.50. The maximum absolute atomic E-state index is 13.0. The molecule has 3 nitrogen and oxygen atoms in total. The normalized spacial score (nSPS) is 11.4. The number of nitrogens with one attached hydrogen (secondary N) is 1. The molecule has 0 atom stereocenters. The van der Waals surface area contributed by atoms with Crippen LogP contribution in [-0.2, 0) is 6.18 Å². The van der Waals surface area contributed by atoms with Crippen LogP contribution < -0.4 is 11.1 Å². The van der Waals surface area contributed by atoms with Gasteiger partial charge in [-0.3, -0.25) is 0 Å². The predicted octanol–water partition coefficient (Wildman–Crippen LogP) is 3.57. The second kappa shape index (κ2) is 4.75. The van der Waals surface area contributed by atoms with E-state index in [-0.39, 0.29) is 11.4 Å². The summed E-state index contributed by atoms with van der Waals surface area (Å²) in [5.74, 6) is -0.506. The molecule has 1 aromatic carbocycles. The Bertz CT molecular complexity index is 596. The number of hydrogen-bond acceptors (Lipinski definition) is 3. The Labute approximate surface area is 106 Å². The lowest BCUT2D eigenvalue weighted by atomic mass is 10.2. The molecule has 2 rings (SSSR count). The molecule has 0 saturated heterocycles. The molecule has 0 bridgehead atoms. The van der Waals surface area contributed by atoms with Gasteiger partial charge in [-0.05, 0) is 24.3 Å². The monoisotopic (exact) mass is 271 g/mol. The predicted molar refractivity (Wildman–Crippen MR) is 63.3 cm³/mol. The first kappa shape index (κ1) is 13.1. The second-order valence-corrected chi connectivity index (χ2v) is 3.79. The third kappa shape index (κ3) is 3.12. The Morgan fingerprint density at radius 3 is 2.53 bits per heavy atom. The first-order valence-electron chi connectivity index (χ1n) is 5.21. The molecule has 3 N–H and O–H groups in total. The summed E-state index contributed by atoms with van der Waals surface area (Å²) >= 11 is 0. The Hall–Kier alpha value is -2.31. The topological polar surface area (TPSA) is 50.9 Å². The van der Waals surface area contributed by atoms with Gasteiger partial charge in [0.15, 0.2) is 0 Å². The van der Waals surface area contributed by atoms with E-state index < -0.39 is 17.7 Å². The lowest BCUT2D eigenvalue weighted by Crippen LogP contribution is -2.09. The largest absolute Gasteiger partial charge is 0.433 e. The van der Waals surface area contributed by atoms with Crippen LogP contribution >= 0.6 is 0 Å². The molecule has 0 aliphatic carbocycles. The van der Waals surface area contributed by atoms with Gasteiger partial charge in [-0.1, -0.05) is 6.07 Å². The van der Waals surface area contributed by atoms with Crippen LogP contribution in [0.15, 0.2) is 36.5 Å². The summed E-state index contributed by atoms with van der Waals surface area (Å²) in [6.45, 7) is 0. The van der Waals surface area contributed by atoms with Gasteiger partial charge in [-0.25, -0.2) is 9.37 Å². The summed E-state index contributed by atoms with van der Waals surface area (Å²) in [4.78, 5) is 3.21. The molecule has 0 unspecified atom stereocenters. The first-order chi connectivity index (χ1) is 8.86. The van der Waals surface area contributed by atoms with Crippen LogP contribution in [0.1, 0.15) is 5.69 Å². The highest BCUT2D eigenvalue weighted by atomic mass is 19.4. The molecule has 1 heterocycles. The quantitative estimate of drug-likeness (QED) is 0.821. The van der Waals surface area contributed by atoms with Gasteiger partial charge in [0.2, 0.25) is 0 Å². The van der Waals surface area contributed by atoms with Crippen LogP contribution in [0.4, 0.5) is 34.6 Å². The average Bonchev–Trinajstić information content (AvgIpc) is 2.30. The van der Waals surface area contributed by atoms with Crippen LogP contribution in [0.5, 0.6) is 0 Å². The van der Waals surface area contributed by atoms with Crippen molar-refractivity contribution in [2.75, 3.05) is 11.1 Å². The van der Waals surface area contributed by atoms with Crippen molar-refractivity contribution >= 4 is 17.1 Å². The number of benzene rings is 1. The highest BCUT2D eigenvalue weighted by Gasteiger charge is 2.32. The van der Waals surface area contributed by atoms with Crippen molar-refractivity contribution in [3.8, 4) is 0 Å². The molecule has 100 valence electrons. The number of hydrogen-bond donors (Lipinski definition) is 2. The fraction of sp³-hybridized carbons (Fsp3) is 0.0833. The highest BCUT2D eigenvalue weighted by molar-refractivity contribution is 5.72. The van der Waals surface area contributed by atoms with Crippen LogP contribution in [-0.4, -0.2) is 4.98 Å². The standard InChI is InChI=1S/C12H9F4N3/c13-7-2-1-3-8(4-7)19-10-5-11(12(14,15)16)18-6-9(10)17/h1-6H,17H2,(H,18,19). The lowest BCUT2D eigenvalue weighted by molar-refractivity contribution is -0.141. The minimum absolute atomic E-state index is 0.0212. The van der Waals surface area contributed by atoms with Crippen LogP contribution in [0.3, 0.4) is 0 Å². The number of nitrogen functional groups attached to an aromatic ring is 1. The van der Waals surface area contributed by atoms with Crippen LogP contribution in [0.25, 0.3) is 0 Å². The van der Waals surface area contributed by atoms with Gasteiger partial charge in [-0.15, -0.1) is 0 Å². The van der Waals surface area contributed by atoms with Crippen molar-refractivity contribution in [1.82, 2.24) is 4.98 Å². The number of halogens is 4. The molecule has 7 heteroatoms. The van der Waals surface area contributed by atoms with E-state index in [1.807, 2.05) is 0 Å². The van der Waals surface area contributed by atoms with Gasteiger partial charge in [0, 0.05) is 5.69 Å². The summed E-state index contributed by atoms with van der Waals surface area (Å²) in [5, 5.41) is 2.62. The third-order valence-electron chi connectivity index (χ3n) is 2.33. The van der Waals surface area contributed by atoms with E-state index in [0.717, 1.165) is 18.3 Å². The number of pyridine rings is 1. The molecule has 19 heavy (non-hydrogen) atoms. The van der Waals surface area contributed by atoms with Gasteiger partial charge < -0.3 is 11.1 Å². The number of alkyl halides is 3. The lowest BCUT2D eigenvalue weighted by Gasteiger charge is -2.12. The van der Waals surface area contributed by atoms with Crippen LogP contribution in [0, 0.1) is 5.82 Å². The number of anilines is 3. The third-order valence-corrected chi connectivity index (χ3v) is 2.33. The van der Waals surface area contributed by atoms with Crippen molar-refractivity contribution in [1.29, 1.82) is 0 Å². The molecule has 0 aliphatic heterocycles. The van der Waals surface area contributed by atoms with E-state index in [2.05, 4.69) is 10.3 Å². The Morgan fingerprint density at radius 2 is 1.89 bits per heavy atom. The van der Waals surface area contributed by atoms with Gasteiger partial charge in [0.05, 0.1) is 17.6 Å². The summed E-state index contributed by atoms with van der Waals surface area (Å²) in [6, 6.07) is 6.09. The fourth-order valence-corrected chi connectivity index (χ4v) is 1.45. The molecular formula is C12H9F4N3. The molecule has 1 aromatic heterocycles. The zero-order valence-corrected chi connectivity index (χ0v) is 9.50. The van der Waals surface area contributed by atoms with Crippen molar-refractivity contribution < 1.29 is 17.6 Å². The molecular weight excluding hydrogens is 262 g/mol. The number of nitrogens with zero attached hydrogens (tertiary/aromatic N) is 1. The first-order valence-corrected chi connectivity index (χ1v) is 5.21. The molecule has 0 fully saturated rings. The average molecular weight is 271 g/mol. The van der Waals surface area contributed by atoms with Crippen molar-refractivity contribution in [3.05, 3.63) is 48.0 Å². The molecule has 0 aliphatic rings. The van der Waals surface area contributed by atoms with Gasteiger partial charge in [0.1, 0.15) is 11.5 Å². The van der Waals surface area contributed by atoms with Crippen LogP contribution in [0.2, 0.25) is 0 Å². The van der Waals surface area contributed by atoms with Crippen molar-refractivity contribution in [2.24, 2.45) is 0 Å². The summed E-state index contributed by atoms with van der Waals surface area (Å²) in [6.07, 6.45) is -3.66. The molecule has 2 aromatic rings. The van der Waals surface area contributed by atoms with E-state index in [9.17, 15) is 17.6 Å². The van der Waals surface area contributed by atoms with E-state index in [1.165, 1.54) is 18.2 Å². The van der Waals surface area contributed by atoms with Crippen molar-refractivity contribution in [3.63, 3.8) is 0 Å². The van der Waals surface area contributed by atoms with Gasteiger partial charge in [-0.2, -0.15) is 13.2 Å². The van der Waals surface area contributed by atoms with Crippen molar-refractivity contribution in [2.45, 2.75) is 6.18 Å². The summed E-state index contributed by atoms with van der Waals surface area (Å²) in [5.41, 5.74) is 4.82. The Morgan fingerprint density at radius 1 is 1.16 bits per heavy atom.